The minimum atomic E-state index is -3.16. The van der Waals surface area contributed by atoms with Gasteiger partial charge in [-0.2, -0.15) is 5.26 Å². The number of nitrogens with zero attached hydrogens (tertiary/aromatic N) is 5. The number of imidazole rings is 1. The van der Waals surface area contributed by atoms with Crippen molar-refractivity contribution in [1.82, 2.24) is 14.5 Å². The van der Waals surface area contributed by atoms with Crippen LogP contribution in [0.15, 0.2) is 61.1 Å². The summed E-state index contributed by atoms with van der Waals surface area (Å²) < 4.78 is 25.8. The molecular weight excluding hydrogens is 486 g/mol. The number of carbonyl (C=O) groups excluding carboxylic acids is 1. The van der Waals surface area contributed by atoms with Crippen LogP contribution < -0.4 is 4.90 Å². The Labute approximate surface area is 210 Å². The molecule has 1 unspecified atom stereocenters. The Hall–Kier alpha value is -3.19. The molecule has 0 spiro atoms. The molecule has 35 heavy (non-hydrogen) atoms. The molecule has 10 heteroatoms. The molecule has 0 N–H and O–H groups in total. The largest absolute Gasteiger partial charge is 0.329 e. The molecule has 1 amide bonds. The van der Waals surface area contributed by atoms with Crippen molar-refractivity contribution in [3.05, 3.63) is 82.9 Å². The molecule has 2 aromatic carbocycles. The quantitative estimate of drug-likeness (QED) is 0.461. The number of amides is 1. The Balaban J connectivity index is 1.54. The van der Waals surface area contributed by atoms with Crippen LogP contribution >= 0.6 is 11.6 Å². The monoisotopic (exact) mass is 511 g/mol. The van der Waals surface area contributed by atoms with Crippen molar-refractivity contribution in [3.63, 3.8) is 0 Å². The summed E-state index contributed by atoms with van der Waals surface area (Å²) in [7, 11) is -3.16. The first kappa shape index (κ1) is 24.9. The summed E-state index contributed by atoms with van der Waals surface area (Å²) in [6, 6.07) is 16.5. The molecule has 0 saturated carbocycles. The number of carbonyl (C=O) groups is 1. The van der Waals surface area contributed by atoms with Crippen molar-refractivity contribution in [1.29, 1.82) is 5.26 Å². The van der Waals surface area contributed by atoms with E-state index in [0.717, 1.165) is 11.3 Å². The van der Waals surface area contributed by atoms with Crippen molar-refractivity contribution in [3.8, 4) is 6.07 Å². The summed E-state index contributed by atoms with van der Waals surface area (Å²) in [5.41, 5.74) is 3.25. The van der Waals surface area contributed by atoms with E-state index >= 15 is 0 Å². The van der Waals surface area contributed by atoms with Gasteiger partial charge >= 0.3 is 0 Å². The van der Waals surface area contributed by atoms with E-state index in [1.165, 1.54) is 6.26 Å². The zero-order valence-corrected chi connectivity index (χ0v) is 20.9. The number of benzene rings is 2. The smallest absolute Gasteiger partial charge is 0.241 e. The summed E-state index contributed by atoms with van der Waals surface area (Å²) in [5, 5.41) is 9.55. The minimum absolute atomic E-state index is 0.0379. The van der Waals surface area contributed by atoms with Gasteiger partial charge in [0.05, 0.1) is 36.0 Å². The van der Waals surface area contributed by atoms with Gasteiger partial charge in [0.1, 0.15) is 9.84 Å². The lowest BCUT2D eigenvalue weighted by molar-refractivity contribution is -0.122. The molecule has 1 fully saturated rings. The van der Waals surface area contributed by atoms with Crippen LogP contribution in [0.5, 0.6) is 0 Å². The van der Waals surface area contributed by atoms with Gasteiger partial charge in [-0.1, -0.05) is 29.8 Å². The molecule has 3 aromatic rings. The van der Waals surface area contributed by atoms with Crippen molar-refractivity contribution >= 4 is 33.0 Å². The summed E-state index contributed by atoms with van der Waals surface area (Å²) in [6.45, 7) is 1.56. The first-order valence-corrected chi connectivity index (χ1v) is 13.6. The molecule has 1 aliphatic rings. The zero-order valence-electron chi connectivity index (χ0n) is 19.3. The number of rotatable bonds is 8. The van der Waals surface area contributed by atoms with Crippen LogP contribution in [0, 0.1) is 11.3 Å². The van der Waals surface area contributed by atoms with Crippen LogP contribution in [0.3, 0.4) is 0 Å². The fourth-order valence-electron chi connectivity index (χ4n) is 4.23. The number of halogens is 1. The van der Waals surface area contributed by atoms with Crippen LogP contribution in [-0.2, 0) is 27.7 Å². The van der Waals surface area contributed by atoms with Crippen LogP contribution in [0.25, 0.3) is 0 Å². The third-order valence-electron chi connectivity index (χ3n) is 6.09. The first-order valence-electron chi connectivity index (χ1n) is 11.2. The summed E-state index contributed by atoms with van der Waals surface area (Å²) in [6.07, 6.45) is 5.15. The summed E-state index contributed by atoms with van der Waals surface area (Å²) in [5.74, 6) is -0.0305. The predicted octanol–water partition coefficient (Wildman–Crippen LogP) is 3.11. The van der Waals surface area contributed by atoms with Crippen LogP contribution in [0.4, 0.5) is 5.69 Å². The Bertz CT molecular complexity index is 1350. The number of hydrogen-bond donors (Lipinski definition) is 0. The summed E-state index contributed by atoms with van der Waals surface area (Å²) in [4.78, 5) is 21.1. The third-order valence-corrected chi connectivity index (χ3v) is 7.30. The van der Waals surface area contributed by atoms with Gasteiger partial charge in [-0.15, -0.1) is 0 Å². The van der Waals surface area contributed by atoms with Crippen molar-refractivity contribution in [2.45, 2.75) is 25.6 Å². The fourth-order valence-corrected chi connectivity index (χ4v) is 5.12. The maximum absolute atomic E-state index is 13.1. The van der Waals surface area contributed by atoms with Gasteiger partial charge in [0.2, 0.25) is 5.91 Å². The molecular formula is C25H26ClN5O3S. The van der Waals surface area contributed by atoms with Crippen molar-refractivity contribution in [2.24, 2.45) is 0 Å². The SMILES string of the molecule is CS(=O)(=O)CCC1CN(c2cccc(Cl)c2)C(=O)CN1Cc1cncn1Cc1ccc(C#N)cc1. The van der Waals surface area contributed by atoms with E-state index in [0.29, 0.717) is 42.3 Å². The highest BCUT2D eigenvalue weighted by Gasteiger charge is 2.33. The maximum atomic E-state index is 13.1. The van der Waals surface area contributed by atoms with Gasteiger partial charge < -0.3 is 9.47 Å². The standard InChI is InChI=1S/C25H26ClN5O3S/c1-35(33,34)10-9-23-16-31(22-4-2-3-21(26)11-22)25(32)17-29(23)15-24-13-28-18-30(24)14-20-7-5-19(12-27)6-8-20/h2-8,11,13,18,23H,9-10,14-17H2,1H3. The van der Waals surface area contributed by atoms with Crippen LogP contribution in [0.1, 0.15) is 23.2 Å². The maximum Gasteiger partial charge on any atom is 0.241 e. The van der Waals surface area contributed by atoms with E-state index in [9.17, 15) is 13.2 Å². The van der Waals surface area contributed by atoms with Crippen LogP contribution in [0.2, 0.25) is 5.02 Å². The number of hydrogen-bond acceptors (Lipinski definition) is 6. The van der Waals surface area contributed by atoms with Gasteiger partial charge in [0.25, 0.3) is 0 Å². The van der Waals surface area contributed by atoms with E-state index in [4.69, 9.17) is 16.9 Å². The molecule has 1 atom stereocenters. The molecule has 0 bridgehead atoms. The molecule has 2 heterocycles. The Morgan fingerprint density at radius 2 is 1.94 bits per heavy atom. The molecule has 8 nitrogen and oxygen atoms in total. The van der Waals surface area contributed by atoms with Gasteiger partial charge in [0.15, 0.2) is 0 Å². The van der Waals surface area contributed by atoms with Gasteiger partial charge in [-0.05, 0) is 42.3 Å². The lowest BCUT2D eigenvalue weighted by Gasteiger charge is -2.41. The first-order chi connectivity index (χ1) is 16.7. The topological polar surface area (TPSA) is 99.3 Å². The van der Waals surface area contributed by atoms with Gasteiger partial charge in [0, 0.05) is 48.8 Å². The number of nitriles is 1. The van der Waals surface area contributed by atoms with E-state index < -0.39 is 9.84 Å². The highest BCUT2D eigenvalue weighted by Crippen LogP contribution is 2.26. The zero-order chi connectivity index (χ0) is 25.0. The molecule has 182 valence electrons. The third kappa shape index (κ3) is 6.48. The Morgan fingerprint density at radius 1 is 1.17 bits per heavy atom. The van der Waals surface area contributed by atoms with Gasteiger partial charge in [-0.3, -0.25) is 9.69 Å². The minimum Gasteiger partial charge on any atom is -0.329 e. The van der Waals surface area contributed by atoms with E-state index in [1.807, 2.05) is 27.7 Å². The second-order valence-electron chi connectivity index (χ2n) is 8.78. The highest BCUT2D eigenvalue weighted by molar-refractivity contribution is 7.90. The Kier molecular flexibility index (Phi) is 7.55. The number of anilines is 1. The molecule has 1 aliphatic heterocycles. The van der Waals surface area contributed by atoms with Crippen molar-refractivity contribution < 1.29 is 13.2 Å². The molecule has 4 rings (SSSR count). The molecule has 1 saturated heterocycles. The lowest BCUT2D eigenvalue weighted by atomic mass is 10.1. The average molecular weight is 512 g/mol. The number of aromatic nitrogens is 2. The summed E-state index contributed by atoms with van der Waals surface area (Å²) >= 11 is 6.14. The van der Waals surface area contributed by atoms with Crippen molar-refractivity contribution in [2.75, 3.05) is 30.0 Å². The van der Waals surface area contributed by atoms with E-state index in [-0.39, 0.29) is 24.2 Å². The lowest BCUT2D eigenvalue weighted by Crippen LogP contribution is -2.56. The number of sulfone groups is 1. The second-order valence-corrected chi connectivity index (χ2v) is 11.5. The fraction of sp³-hybridized carbons (Fsp3) is 0.320. The number of piperazine rings is 1. The highest BCUT2D eigenvalue weighted by atomic mass is 35.5. The van der Waals surface area contributed by atoms with Gasteiger partial charge in [-0.25, -0.2) is 13.4 Å². The Morgan fingerprint density at radius 3 is 2.63 bits per heavy atom. The normalized spacial score (nSPS) is 16.9. The van der Waals surface area contributed by atoms with Crippen LogP contribution in [-0.4, -0.2) is 59.9 Å². The predicted molar refractivity (Wildman–Crippen MR) is 135 cm³/mol. The average Bonchev–Trinajstić information content (AvgIpc) is 3.25. The second kappa shape index (κ2) is 10.6. The molecule has 0 radical (unpaired) electrons. The van der Waals surface area contributed by atoms with E-state index in [1.54, 1.807) is 47.8 Å². The van der Waals surface area contributed by atoms with E-state index in [2.05, 4.69) is 11.1 Å². The molecule has 1 aromatic heterocycles. The molecule has 0 aliphatic carbocycles.